The summed E-state index contributed by atoms with van der Waals surface area (Å²) in [7, 11) is -5.21. The van der Waals surface area contributed by atoms with E-state index in [-0.39, 0.29) is 24.1 Å². The van der Waals surface area contributed by atoms with Gasteiger partial charge in [-0.05, 0) is 85.1 Å². The predicted octanol–water partition coefficient (Wildman–Crippen LogP) is 9.31. The molecule has 9 heteroatoms. The van der Waals surface area contributed by atoms with Crippen molar-refractivity contribution >= 4 is 36.6 Å². The molecular weight excluding hydrogens is 551 g/mol. The zero-order valence-corrected chi connectivity index (χ0v) is 30.9. The number of nitrogens with zero attached hydrogens (tertiary/aromatic N) is 1. The topological polar surface area (TPSA) is 66.4 Å². The zero-order chi connectivity index (χ0) is 30.4. The van der Waals surface area contributed by atoms with Gasteiger partial charge in [0.15, 0.2) is 16.6 Å². The smallest absolute Gasteiger partial charge is 0.292 e. The van der Waals surface area contributed by atoms with Crippen molar-refractivity contribution < 1.29 is 22.9 Å². The van der Waals surface area contributed by atoms with Crippen molar-refractivity contribution in [2.24, 2.45) is 17.0 Å². The average Bonchev–Trinajstić information content (AvgIpc) is 3.10. The molecule has 0 bridgehead atoms. The van der Waals surface area contributed by atoms with Crippen molar-refractivity contribution in [3.63, 3.8) is 0 Å². The lowest BCUT2D eigenvalue weighted by Crippen LogP contribution is -2.35. The second-order valence-corrected chi connectivity index (χ2v) is 27.7. The van der Waals surface area contributed by atoms with Crippen LogP contribution in [0.25, 0.3) is 0 Å². The Bertz CT molecular complexity index is 783. The SMILES string of the molecule is CCCCC[C@@H](/C=C/[C@@H]1[C@H](CCCCCCC(=O)O[Si](C)(C)C)/C(=N/OCC)C[C@H]1O[Si](C)(C)C)O[Si](C)(C)C. The quantitative estimate of drug-likeness (QED) is 0.0592. The Hall–Kier alpha value is -0.749. The molecule has 0 aromatic rings. The molecule has 1 aliphatic carbocycles. The van der Waals surface area contributed by atoms with Crippen LogP contribution in [0.1, 0.15) is 84.5 Å². The number of oxime groups is 1. The standard InChI is InChI=1S/C31H63NO5Si3/c1-12-14-17-20-26(35-38(3,4)5)23-24-28-27(21-18-15-16-19-22-31(33)37-40(9,10)11)29(32-34-13-2)25-30(28)36-39(6,7)8/h23-24,26-28,30H,12-22,25H2,1-11H3/b24-23+,32-29+/t26-,27-,28+,30+/m0/s1. The van der Waals surface area contributed by atoms with Crippen LogP contribution < -0.4 is 0 Å². The summed E-state index contributed by atoms with van der Waals surface area (Å²) in [6.45, 7) is 24.6. The molecule has 234 valence electrons. The van der Waals surface area contributed by atoms with Gasteiger partial charge >= 0.3 is 0 Å². The van der Waals surface area contributed by atoms with Crippen LogP contribution in [-0.2, 0) is 22.9 Å². The molecule has 0 amide bonds. The molecule has 40 heavy (non-hydrogen) atoms. The van der Waals surface area contributed by atoms with Gasteiger partial charge in [0, 0.05) is 24.7 Å². The van der Waals surface area contributed by atoms with Gasteiger partial charge in [-0.15, -0.1) is 0 Å². The number of hydrogen-bond acceptors (Lipinski definition) is 6. The summed E-state index contributed by atoms with van der Waals surface area (Å²) in [6, 6.07) is 0. The van der Waals surface area contributed by atoms with E-state index >= 15 is 0 Å². The fourth-order valence-electron chi connectivity index (χ4n) is 5.29. The van der Waals surface area contributed by atoms with E-state index in [1.54, 1.807) is 0 Å². The first-order chi connectivity index (χ1) is 18.5. The second kappa shape index (κ2) is 18.0. The Morgan fingerprint density at radius 3 is 2.15 bits per heavy atom. The molecule has 1 aliphatic rings. The molecule has 0 heterocycles. The third-order valence-corrected chi connectivity index (χ3v) is 9.62. The van der Waals surface area contributed by atoms with E-state index in [0.29, 0.717) is 18.9 Å². The van der Waals surface area contributed by atoms with Gasteiger partial charge in [0.05, 0.1) is 17.9 Å². The number of carbonyl (C=O) groups excluding carboxylic acids is 1. The highest BCUT2D eigenvalue weighted by molar-refractivity contribution is 6.71. The van der Waals surface area contributed by atoms with E-state index in [0.717, 1.165) is 50.7 Å². The van der Waals surface area contributed by atoms with Crippen molar-refractivity contribution in [1.29, 1.82) is 0 Å². The van der Waals surface area contributed by atoms with Gasteiger partial charge in [-0.25, -0.2) is 0 Å². The van der Waals surface area contributed by atoms with Crippen molar-refractivity contribution in [2.75, 3.05) is 6.61 Å². The number of rotatable bonds is 20. The number of hydrogen-bond donors (Lipinski definition) is 0. The normalized spacial score (nSPS) is 22.3. The summed E-state index contributed by atoms with van der Waals surface area (Å²) >= 11 is 0. The fraction of sp³-hybridized carbons (Fsp3) is 0.871. The molecule has 6 nitrogen and oxygen atoms in total. The highest BCUT2D eigenvalue weighted by atomic mass is 28.4. The Morgan fingerprint density at radius 2 is 1.57 bits per heavy atom. The molecule has 0 aliphatic heterocycles. The van der Waals surface area contributed by atoms with E-state index in [1.165, 1.54) is 19.3 Å². The van der Waals surface area contributed by atoms with E-state index in [4.69, 9.17) is 18.1 Å². The molecular formula is C31H63NO5Si3. The molecule has 1 saturated carbocycles. The van der Waals surface area contributed by atoms with Crippen LogP contribution in [0.2, 0.25) is 58.9 Å². The lowest BCUT2D eigenvalue weighted by atomic mass is 9.88. The van der Waals surface area contributed by atoms with Gasteiger partial charge in [-0.2, -0.15) is 0 Å². The minimum Gasteiger partial charge on any atom is -0.520 e. The van der Waals surface area contributed by atoms with Gasteiger partial charge < -0.3 is 18.1 Å². The zero-order valence-electron chi connectivity index (χ0n) is 27.9. The summed E-state index contributed by atoms with van der Waals surface area (Å²) in [4.78, 5) is 17.7. The molecule has 4 atom stereocenters. The first kappa shape index (κ1) is 37.3. The van der Waals surface area contributed by atoms with Crippen molar-refractivity contribution in [3.8, 4) is 0 Å². The lowest BCUT2D eigenvalue weighted by Gasteiger charge is -2.29. The van der Waals surface area contributed by atoms with Gasteiger partial charge in [-0.1, -0.05) is 62.8 Å². The number of unbranched alkanes of at least 4 members (excludes halogenated alkanes) is 5. The maximum atomic E-state index is 12.1. The minimum atomic E-state index is -1.80. The van der Waals surface area contributed by atoms with Gasteiger partial charge in [0.2, 0.25) is 8.32 Å². The van der Waals surface area contributed by atoms with Crippen LogP contribution in [0.3, 0.4) is 0 Å². The first-order valence-corrected chi connectivity index (χ1v) is 26.2. The molecule has 1 rings (SSSR count). The van der Waals surface area contributed by atoms with Crippen LogP contribution in [0.15, 0.2) is 17.3 Å². The predicted molar refractivity (Wildman–Crippen MR) is 178 cm³/mol. The van der Waals surface area contributed by atoms with Crippen LogP contribution in [-0.4, -0.2) is 55.4 Å². The highest BCUT2D eigenvalue weighted by Gasteiger charge is 2.42. The van der Waals surface area contributed by atoms with Crippen molar-refractivity contribution in [1.82, 2.24) is 0 Å². The Balaban J connectivity index is 3.00. The van der Waals surface area contributed by atoms with Crippen LogP contribution in [0.5, 0.6) is 0 Å². The van der Waals surface area contributed by atoms with Crippen molar-refractivity contribution in [2.45, 2.75) is 156 Å². The second-order valence-electron chi connectivity index (χ2n) is 14.3. The third-order valence-electron chi connectivity index (χ3n) is 6.76. The molecule has 0 aromatic carbocycles. The maximum absolute atomic E-state index is 12.1. The Labute approximate surface area is 250 Å². The lowest BCUT2D eigenvalue weighted by molar-refractivity contribution is -0.135. The monoisotopic (exact) mass is 613 g/mol. The summed E-state index contributed by atoms with van der Waals surface area (Å²) < 4.78 is 19.0. The van der Waals surface area contributed by atoms with E-state index in [9.17, 15) is 4.79 Å². The summed E-state index contributed by atoms with van der Waals surface area (Å²) in [5.74, 6) is 0.549. The maximum Gasteiger partial charge on any atom is 0.292 e. The first-order valence-electron chi connectivity index (χ1n) is 16.0. The Kier molecular flexibility index (Phi) is 16.8. The van der Waals surface area contributed by atoms with Crippen LogP contribution in [0, 0.1) is 11.8 Å². The van der Waals surface area contributed by atoms with E-state index < -0.39 is 25.0 Å². The van der Waals surface area contributed by atoms with Gasteiger partial charge in [0.1, 0.15) is 6.61 Å². The molecule has 0 N–H and O–H groups in total. The summed E-state index contributed by atoms with van der Waals surface area (Å²) in [5.41, 5.74) is 1.15. The van der Waals surface area contributed by atoms with Crippen molar-refractivity contribution in [3.05, 3.63) is 12.2 Å². The molecule has 0 aromatic heterocycles. The van der Waals surface area contributed by atoms with E-state index in [2.05, 4.69) is 83.2 Å². The third kappa shape index (κ3) is 17.3. The van der Waals surface area contributed by atoms with Gasteiger partial charge in [0.25, 0.3) is 5.97 Å². The number of carbonyl (C=O) groups is 1. The largest absolute Gasteiger partial charge is 0.520 e. The molecule has 1 fully saturated rings. The molecule has 0 spiro atoms. The van der Waals surface area contributed by atoms with E-state index in [1.807, 2.05) is 6.92 Å². The fourth-order valence-corrected chi connectivity index (χ4v) is 8.33. The highest BCUT2D eigenvalue weighted by Crippen LogP contribution is 2.39. The molecule has 0 unspecified atom stereocenters. The minimum absolute atomic E-state index is 0.0355. The summed E-state index contributed by atoms with van der Waals surface area (Å²) in [6.07, 6.45) is 16.4. The van der Waals surface area contributed by atoms with Crippen LogP contribution in [0.4, 0.5) is 0 Å². The Morgan fingerprint density at radius 1 is 0.900 bits per heavy atom. The van der Waals surface area contributed by atoms with Gasteiger partial charge in [-0.3, -0.25) is 4.79 Å². The molecule has 0 saturated heterocycles. The summed E-state index contributed by atoms with van der Waals surface area (Å²) in [5, 5.41) is 4.61. The average molecular weight is 614 g/mol. The van der Waals surface area contributed by atoms with Crippen LogP contribution >= 0.6 is 0 Å². The molecule has 0 radical (unpaired) electrons.